The standard InChI is InChI=1S/C10H7NO5/c12-6-2-1-3-7(13)9(6)8-4-5(10(14)15)11-16-8/h1-4,12-13H,(H,14,15). The minimum Gasteiger partial charge on any atom is -0.507 e. The zero-order chi connectivity index (χ0) is 11.7. The molecule has 2 aromatic rings. The second-order valence-corrected chi connectivity index (χ2v) is 3.05. The largest absolute Gasteiger partial charge is 0.507 e. The lowest BCUT2D eigenvalue weighted by atomic mass is 10.1. The predicted octanol–water partition coefficient (Wildman–Crippen LogP) is 1.45. The molecule has 0 fully saturated rings. The summed E-state index contributed by atoms with van der Waals surface area (Å²) in [6.45, 7) is 0. The number of aromatic nitrogens is 1. The van der Waals surface area contributed by atoms with Crippen molar-refractivity contribution in [2.24, 2.45) is 0 Å². The van der Waals surface area contributed by atoms with Gasteiger partial charge in [0.05, 0.1) is 0 Å². The van der Waals surface area contributed by atoms with E-state index in [0.29, 0.717) is 0 Å². The normalized spacial score (nSPS) is 10.2. The average molecular weight is 221 g/mol. The molecule has 82 valence electrons. The van der Waals surface area contributed by atoms with Gasteiger partial charge in [-0.1, -0.05) is 11.2 Å². The average Bonchev–Trinajstić information content (AvgIpc) is 2.66. The third-order valence-corrected chi connectivity index (χ3v) is 2.00. The van der Waals surface area contributed by atoms with Gasteiger partial charge in [-0.05, 0) is 12.1 Å². The molecule has 0 amide bonds. The first kappa shape index (κ1) is 10.0. The number of phenols is 2. The van der Waals surface area contributed by atoms with Crippen LogP contribution in [0.3, 0.4) is 0 Å². The van der Waals surface area contributed by atoms with Crippen molar-refractivity contribution < 1.29 is 24.6 Å². The lowest BCUT2D eigenvalue weighted by Gasteiger charge is -2.01. The van der Waals surface area contributed by atoms with Gasteiger partial charge in [-0.2, -0.15) is 0 Å². The smallest absolute Gasteiger partial charge is 0.358 e. The zero-order valence-electron chi connectivity index (χ0n) is 7.91. The SMILES string of the molecule is O=C(O)c1cc(-c2c(O)cccc2O)on1. The van der Waals surface area contributed by atoms with Crippen LogP contribution in [0.2, 0.25) is 0 Å². The van der Waals surface area contributed by atoms with Crippen molar-refractivity contribution in [3.63, 3.8) is 0 Å². The van der Waals surface area contributed by atoms with E-state index in [0.717, 1.165) is 6.07 Å². The first-order valence-corrected chi connectivity index (χ1v) is 4.31. The molecule has 0 atom stereocenters. The molecule has 0 aliphatic carbocycles. The molecule has 3 N–H and O–H groups in total. The molecule has 1 heterocycles. The van der Waals surface area contributed by atoms with E-state index in [1.165, 1.54) is 18.2 Å². The highest BCUT2D eigenvalue weighted by molar-refractivity contribution is 5.87. The van der Waals surface area contributed by atoms with E-state index < -0.39 is 5.97 Å². The molecule has 1 aromatic carbocycles. The fourth-order valence-electron chi connectivity index (χ4n) is 1.27. The second kappa shape index (κ2) is 3.58. The number of carboxylic acids is 1. The van der Waals surface area contributed by atoms with Gasteiger partial charge in [0.15, 0.2) is 11.5 Å². The first-order chi connectivity index (χ1) is 7.59. The van der Waals surface area contributed by atoms with Crippen LogP contribution in [0.5, 0.6) is 11.5 Å². The number of benzene rings is 1. The molecule has 0 aliphatic heterocycles. The number of aromatic carboxylic acids is 1. The van der Waals surface area contributed by atoms with Gasteiger partial charge in [0.1, 0.15) is 17.1 Å². The molecule has 16 heavy (non-hydrogen) atoms. The van der Waals surface area contributed by atoms with Gasteiger partial charge < -0.3 is 19.8 Å². The van der Waals surface area contributed by atoms with E-state index in [1.54, 1.807) is 0 Å². The van der Waals surface area contributed by atoms with E-state index >= 15 is 0 Å². The summed E-state index contributed by atoms with van der Waals surface area (Å²) in [5, 5.41) is 30.9. The molecular formula is C10H7NO5. The summed E-state index contributed by atoms with van der Waals surface area (Å²) in [6.07, 6.45) is 0. The maximum atomic E-state index is 10.6. The maximum Gasteiger partial charge on any atom is 0.358 e. The Morgan fingerprint density at radius 3 is 2.38 bits per heavy atom. The van der Waals surface area contributed by atoms with Crippen molar-refractivity contribution in [2.45, 2.75) is 0 Å². The van der Waals surface area contributed by atoms with Gasteiger partial charge in [0.2, 0.25) is 0 Å². The monoisotopic (exact) mass is 221 g/mol. The summed E-state index contributed by atoms with van der Waals surface area (Å²) in [7, 11) is 0. The van der Waals surface area contributed by atoms with Crippen LogP contribution in [0.25, 0.3) is 11.3 Å². The zero-order valence-corrected chi connectivity index (χ0v) is 7.91. The topological polar surface area (TPSA) is 104 Å². The number of nitrogens with zero attached hydrogens (tertiary/aromatic N) is 1. The highest BCUT2D eigenvalue weighted by Crippen LogP contribution is 2.36. The highest BCUT2D eigenvalue weighted by atomic mass is 16.5. The maximum absolute atomic E-state index is 10.6. The Kier molecular flexibility index (Phi) is 2.24. The quantitative estimate of drug-likeness (QED) is 0.709. The number of carboxylic acid groups (broad SMARTS) is 1. The van der Waals surface area contributed by atoms with E-state index in [1.807, 2.05) is 0 Å². The summed E-state index contributed by atoms with van der Waals surface area (Å²) < 4.78 is 4.72. The van der Waals surface area contributed by atoms with Crippen LogP contribution in [-0.2, 0) is 0 Å². The Labute approximate surface area is 89.4 Å². The highest BCUT2D eigenvalue weighted by Gasteiger charge is 2.17. The fraction of sp³-hybridized carbons (Fsp3) is 0. The van der Waals surface area contributed by atoms with Crippen LogP contribution in [0.4, 0.5) is 0 Å². The van der Waals surface area contributed by atoms with E-state index in [2.05, 4.69) is 5.16 Å². The summed E-state index contributed by atoms with van der Waals surface area (Å²) in [5.74, 6) is -1.68. The minimum absolute atomic E-state index is 0.00648. The van der Waals surface area contributed by atoms with Gasteiger partial charge >= 0.3 is 5.97 Å². The Balaban J connectivity index is 2.54. The van der Waals surface area contributed by atoms with Crippen molar-refractivity contribution in [2.75, 3.05) is 0 Å². The van der Waals surface area contributed by atoms with Crippen LogP contribution in [-0.4, -0.2) is 26.4 Å². The van der Waals surface area contributed by atoms with Gasteiger partial charge in [-0.3, -0.25) is 0 Å². The summed E-state index contributed by atoms with van der Waals surface area (Å²) in [5.41, 5.74) is -0.278. The number of aromatic hydroxyl groups is 2. The molecule has 0 radical (unpaired) electrons. The van der Waals surface area contributed by atoms with E-state index in [-0.39, 0.29) is 28.5 Å². The molecule has 0 spiro atoms. The molecule has 6 heteroatoms. The molecular weight excluding hydrogens is 214 g/mol. The molecule has 6 nitrogen and oxygen atoms in total. The van der Waals surface area contributed by atoms with E-state index in [9.17, 15) is 15.0 Å². The van der Waals surface area contributed by atoms with Crippen molar-refractivity contribution >= 4 is 5.97 Å². The van der Waals surface area contributed by atoms with E-state index in [4.69, 9.17) is 9.63 Å². The Hall–Kier alpha value is -2.50. The molecule has 2 rings (SSSR count). The van der Waals surface area contributed by atoms with Gasteiger partial charge in [0.25, 0.3) is 0 Å². The third kappa shape index (κ3) is 1.56. The predicted molar refractivity (Wildman–Crippen MR) is 52.2 cm³/mol. The third-order valence-electron chi connectivity index (χ3n) is 2.00. The van der Waals surface area contributed by atoms with Gasteiger partial charge in [-0.15, -0.1) is 0 Å². The molecule has 0 bridgehead atoms. The molecule has 0 unspecified atom stereocenters. The van der Waals surface area contributed by atoms with Gasteiger partial charge in [-0.25, -0.2) is 4.79 Å². The number of hydrogen-bond donors (Lipinski definition) is 3. The molecule has 0 saturated carbocycles. The van der Waals surface area contributed by atoms with Crippen LogP contribution in [0.1, 0.15) is 10.5 Å². The minimum atomic E-state index is -1.25. The number of carbonyl (C=O) groups is 1. The Morgan fingerprint density at radius 1 is 1.25 bits per heavy atom. The van der Waals surface area contributed by atoms with Crippen molar-refractivity contribution in [1.29, 1.82) is 0 Å². The summed E-state index contributed by atoms with van der Waals surface area (Å²) in [4.78, 5) is 10.6. The summed E-state index contributed by atoms with van der Waals surface area (Å²) >= 11 is 0. The number of hydrogen-bond acceptors (Lipinski definition) is 5. The van der Waals surface area contributed by atoms with Crippen LogP contribution < -0.4 is 0 Å². The lowest BCUT2D eigenvalue weighted by Crippen LogP contribution is -1.94. The van der Waals surface area contributed by atoms with Crippen LogP contribution >= 0.6 is 0 Å². The second-order valence-electron chi connectivity index (χ2n) is 3.05. The molecule has 0 aliphatic rings. The van der Waals surface area contributed by atoms with Crippen molar-refractivity contribution in [3.05, 3.63) is 30.0 Å². The van der Waals surface area contributed by atoms with Gasteiger partial charge in [0, 0.05) is 6.07 Å². The first-order valence-electron chi connectivity index (χ1n) is 4.31. The fourth-order valence-corrected chi connectivity index (χ4v) is 1.27. The Bertz CT molecular complexity index is 526. The summed E-state index contributed by atoms with van der Waals surface area (Å²) in [6, 6.07) is 5.26. The molecule has 0 saturated heterocycles. The lowest BCUT2D eigenvalue weighted by molar-refractivity contribution is 0.0686. The Morgan fingerprint density at radius 2 is 1.88 bits per heavy atom. The number of rotatable bonds is 2. The van der Waals surface area contributed by atoms with Crippen LogP contribution in [0.15, 0.2) is 28.8 Å². The van der Waals surface area contributed by atoms with Crippen molar-refractivity contribution in [3.8, 4) is 22.8 Å². The van der Waals surface area contributed by atoms with Crippen LogP contribution in [0, 0.1) is 0 Å². The molecule has 1 aromatic heterocycles. The van der Waals surface area contributed by atoms with Crippen molar-refractivity contribution in [1.82, 2.24) is 5.16 Å². The number of phenolic OH excluding ortho intramolecular Hbond substituents is 2.